The van der Waals surface area contributed by atoms with Gasteiger partial charge in [0.05, 0.1) is 11.2 Å². The van der Waals surface area contributed by atoms with E-state index in [2.05, 4.69) is 4.98 Å². The van der Waals surface area contributed by atoms with E-state index in [9.17, 15) is 23.0 Å². The molecule has 1 saturated heterocycles. The lowest BCUT2D eigenvalue weighted by molar-refractivity contribution is -0.137. The van der Waals surface area contributed by atoms with Crippen molar-refractivity contribution in [3.8, 4) is 0 Å². The molecule has 2 aliphatic heterocycles. The van der Waals surface area contributed by atoms with Crippen LogP contribution in [0.3, 0.4) is 0 Å². The molecule has 0 atom stereocenters. The van der Waals surface area contributed by atoms with E-state index < -0.39 is 35.8 Å². The average molecular weight is 404 g/mol. The molecule has 1 aromatic heterocycles. The van der Waals surface area contributed by atoms with Gasteiger partial charge in [-0.25, -0.2) is 4.98 Å². The lowest BCUT2D eigenvalue weighted by Gasteiger charge is -2.32. The van der Waals surface area contributed by atoms with Gasteiger partial charge in [-0.2, -0.15) is 13.2 Å². The fraction of sp³-hybridized carbons (Fsp3) is 0.400. The third-order valence-corrected chi connectivity index (χ3v) is 5.48. The van der Waals surface area contributed by atoms with E-state index in [1.54, 1.807) is 23.1 Å². The molecule has 0 amide bonds. The first-order chi connectivity index (χ1) is 13.6. The smallest absolute Gasteiger partial charge is 0.423 e. The van der Waals surface area contributed by atoms with E-state index in [4.69, 9.17) is 4.65 Å². The summed E-state index contributed by atoms with van der Waals surface area (Å²) < 4.78 is 46.2. The Kier molecular flexibility index (Phi) is 4.70. The van der Waals surface area contributed by atoms with Crippen LogP contribution in [0.15, 0.2) is 30.5 Å². The number of benzene rings is 1. The molecule has 5 nitrogen and oxygen atoms in total. The highest BCUT2D eigenvalue weighted by Crippen LogP contribution is 2.35. The van der Waals surface area contributed by atoms with Crippen LogP contribution in [0.25, 0.3) is 0 Å². The largest absolute Gasteiger partial charge is 0.492 e. The van der Waals surface area contributed by atoms with Crippen LogP contribution >= 0.6 is 0 Å². The predicted octanol–water partition coefficient (Wildman–Crippen LogP) is 2.69. The lowest BCUT2D eigenvalue weighted by atomic mass is 9.77. The van der Waals surface area contributed by atoms with Gasteiger partial charge in [0, 0.05) is 31.3 Å². The fourth-order valence-corrected chi connectivity index (χ4v) is 3.78. The van der Waals surface area contributed by atoms with E-state index in [1.165, 1.54) is 0 Å². The maximum Gasteiger partial charge on any atom is 0.492 e. The van der Waals surface area contributed by atoms with Crippen molar-refractivity contribution < 1.29 is 27.6 Å². The van der Waals surface area contributed by atoms with Crippen molar-refractivity contribution in [1.82, 2.24) is 4.98 Å². The van der Waals surface area contributed by atoms with E-state index in [1.807, 2.05) is 13.8 Å². The first kappa shape index (κ1) is 19.9. The number of carbonyl (C=O) groups excluding carboxylic acids is 1. The second kappa shape index (κ2) is 6.85. The number of rotatable bonds is 4. The standard InChI is InChI=1S/C20H20BF3N2O3/c1-19(2)14-5-4-12(8-16(14)21(28)29-19)9-17(27)13-11-25-18(26-6-3-7-26)10-15(13)20(22,23)24/h4-5,8,10-11,28H,3,6-7,9H2,1-2H3. The molecule has 9 heteroatoms. The molecule has 2 aliphatic rings. The Morgan fingerprint density at radius 1 is 1.31 bits per heavy atom. The van der Waals surface area contributed by atoms with Gasteiger partial charge in [0.1, 0.15) is 5.82 Å². The van der Waals surface area contributed by atoms with Crippen LogP contribution in [0.2, 0.25) is 0 Å². The van der Waals surface area contributed by atoms with Crippen molar-refractivity contribution in [2.24, 2.45) is 0 Å². The van der Waals surface area contributed by atoms with Crippen molar-refractivity contribution in [3.63, 3.8) is 0 Å². The Balaban J connectivity index is 1.63. The van der Waals surface area contributed by atoms with Crippen LogP contribution in [0.5, 0.6) is 0 Å². The second-order valence-corrected chi connectivity index (χ2v) is 7.93. The van der Waals surface area contributed by atoms with Crippen LogP contribution in [-0.2, 0) is 22.9 Å². The summed E-state index contributed by atoms with van der Waals surface area (Å²) in [6.07, 6.45) is -2.95. The maximum atomic E-state index is 13.6. The van der Waals surface area contributed by atoms with Gasteiger partial charge in [-0.15, -0.1) is 0 Å². The zero-order valence-corrected chi connectivity index (χ0v) is 16.1. The van der Waals surface area contributed by atoms with Crippen molar-refractivity contribution in [2.45, 2.75) is 38.5 Å². The molecule has 1 N–H and O–H groups in total. The van der Waals surface area contributed by atoms with Crippen LogP contribution < -0.4 is 10.4 Å². The molecule has 3 heterocycles. The van der Waals surface area contributed by atoms with Gasteiger partial charge < -0.3 is 14.6 Å². The number of aromatic nitrogens is 1. The predicted molar refractivity (Wildman–Crippen MR) is 102 cm³/mol. The van der Waals surface area contributed by atoms with Gasteiger partial charge in [0.2, 0.25) is 0 Å². The molecular weight excluding hydrogens is 384 g/mol. The first-order valence-corrected chi connectivity index (χ1v) is 9.41. The molecule has 1 fully saturated rings. The zero-order chi connectivity index (χ0) is 21.0. The van der Waals surface area contributed by atoms with Gasteiger partial charge in [-0.3, -0.25) is 4.79 Å². The number of carbonyl (C=O) groups is 1. The van der Waals surface area contributed by atoms with Crippen LogP contribution in [0.4, 0.5) is 19.0 Å². The lowest BCUT2D eigenvalue weighted by Crippen LogP contribution is -2.38. The van der Waals surface area contributed by atoms with E-state index in [0.717, 1.165) is 24.2 Å². The van der Waals surface area contributed by atoms with Crippen molar-refractivity contribution in [1.29, 1.82) is 0 Å². The molecule has 0 saturated carbocycles. The number of ketones is 1. The number of halogens is 3. The summed E-state index contributed by atoms with van der Waals surface area (Å²) in [7, 11) is -1.13. The molecule has 2 aromatic rings. The Labute approximate surface area is 166 Å². The molecule has 0 aliphatic carbocycles. The molecule has 1 aromatic carbocycles. The summed E-state index contributed by atoms with van der Waals surface area (Å²) in [6, 6.07) is 5.98. The summed E-state index contributed by atoms with van der Waals surface area (Å²) in [5.74, 6) is -0.437. The highest BCUT2D eigenvalue weighted by atomic mass is 19.4. The number of pyridine rings is 1. The van der Waals surface area contributed by atoms with Crippen molar-refractivity contribution in [3.05, 3.63) is 52.7 Å². The van der Waals surface area contributed by atoms with Gasteiger partial charge in [0.15, 0.2) is 5.78 Å². The van der Waals surface area contributed by atoms with E-state index in [-0.39, 0.29) is 12.2 Å². The molecule has 0 unspecified atom stereocenters. The number of hydrogen-bond donors (Lipinski definition) is 1. The van der Waals surface area contributed by atoms with Crippen LogP contribution in [0.1, 0.15) is 47.3 Å². The highest BCUT2D eigenvalue weighted by Gasteiger charge is 2.41. The number of alkyl halides is 3. The summed E-state index contributed by atoms with van der Waals surface area (Å²) in [5, 5.41) is 10.1. The van der Waals surface area contributed by atoms with Gasteiger partial charge >= 0.3 is 13.3 Å². The monoisotopic (exact) mass is 404 g/mol. The fourth-order valence-electron chi connectivity index (χ4n) is 3.78. The number of hydrogen-bond acceptors (Lipinski definition) is 5. The first-order valence-electron chi connectivity index (χ1n) is 9.41. The third-order valence-electron chi connectivity index (χ3n) is 5.48. The summed E-state index contributed by atoms with van der Waals surface area (Å²) in [6.45, 7) is 4.95. The number of anilines is 1. The number of nitrogens with zero attached hydrogens (tertiary/aromatic N) is 2. The molecule has 29 heavy (non-hydrogen) atoms. The highest BCUT2D eigenvalue weighted by molar-refractivity contribution is 6.62. The Bertz CT molecular complexity index is 974. The normalized spacial score (nSPS) is 17.9. The minimum Gasteiger partial charge on any atom is -0.423 e. The molecule has 4 rings (SSSR count). The van der Waals surface area contributed by atoms with E-state index in [0.29, 0.717) is 24.1 Å². The quantitative estimate of drug-likeness (QED) is 0.627. The molecule has 0 bridgehead atoms. The third kappa shape index (κ3) is 3.64. The Hall–Kier alpha value is -2.39. The second-order valence-electron chi connectivity index (χ2n) is 7.93. The summed E-state index contributed by atoms with van der Waals surface area (Å²) in [5.41, 5.74) is -0.254. The minimum absolute atomic E-state index is 0.228. The van der Waals surface area contributed by atoms with Crippen molar-refractivity contribution >= 4 is 24.2 Å². The molecule has 152 valence electrons. The van der Waals surface area contributed by atoms with Gasteiger partial charge in [-0.1, -0.05) is 18.2 Å². The maximum absolute atomic E-state index is 13.6. The van der Waals surface area contributed by atoms with Gasteiger partial charge in [-0.05, 0) is 42.9 Å². The Morgan fingerprint density at radius 3 is 2.66 bits per heavy atom. The van der Waals surface area contributed by atoms with Crippen LogP contribution in [0, 0.1) is 0 Å². The number of Topliss-reactive ketones (excluding diaryl/α,β-unsaturated/α-hetero) is 1. The summed E-state index contributed by atoms with van der Waals surface area (Å²) in [4.78, 5) is 18.5. The van der Waals surface area contributed by atoms with Crippen molar-refractivity contribution in [2.75, 3.05) is 18.0 Å². The molecule has 0 spiro atoms. The molecule has 0 radical (unpaired) electrons. The Morgan fingerprint density at radius 2 is 2.03 bits per heavy atom. The van der Waals surface area contributed by atoms with Crippen LogP contribution in [-0.4, -0.2) is 36.0 Å². The van der Waals surface area contributed by atoms with Gasteiger partial charge in [0.25, 0.3) is 0 Å². The SMILES string of the molecule is CC1(C)OB(O)c2cc(CC(=O)c3cnc(N4CCC4)cc3C(F)(F)F)ccc21. The average Bonchev–Trinajstić information content (AvgIpc) is 2.81. The molecular formula is C20H20BF3N2O3. The topological polar surface area (TPSA) is 62.7 Å². The summed E-state index contributed by atoms with van der Waals surface area (Å²) >= 11 is 0. The minimum atomic E-state index is -4.65. The van der Waals surface area contributed by atoms with E-state index >= 15 is 0 Å². The number of fused-ring (bicyclic) bond motifs is 1. The zero-order valence-electron chi connectivity index (χ0n) is 16.1.